The summed E-state index contributed by atoms with van der Waals surface area (Å²) in [6.07, 6.45) is 21.0. The number of rotatable bonds is 19. The van der Waals surface area contributed by atoms with E-state index in [0.717, 1.165) is 36.0 Å². The number of allylic oxidation sites excluding steroid dienone is 1. The largest absolute Gasteiger partial charge is 0.503 e. The lowest BCUT2D eigenvalue weighted by atomic mass is 9.94. The molecule has 4 heteroatoms. The number of nitrogens with zero attached hydrogens (tertiary/aromatic N) is 1. The molecule has 0 radical (unpaired) electrons. The Morgan fingerprint density at radius 1 is 0.775 bits per heavy atom. The van der Waals surface area contributed by atoms with Crippen LogP contribution in [0.25, 0.3) is 6.08 Å². The number of carbonyl (C=O) groups is 2. The molecule has 0 aromatic heterocycles. The molecule has 0 spiro atoms. The van der Waals surface area contributed by atoms with Gasteiger partial charge < -0.3 is 10.0 Å². The Morgan fingerprint density at radius 2 is 1.30 bits per heavy atom. The number of hydrogen-bond acceptors (Lipinski definition) is 3. The molecule has 0 aliphatic carbocycles. The summed E-state index contributed by atoms with van der Waals surface area (Å²) in [5.74, 6) is -1.20. The van der Waals surface area contributed by atoms with Crippen LogP contribution in [0.2, 0.25) is 0 Å². The second-order valence-corrected chi connectivity index (χ2v) is 11.3. The van der Waals surface area contributed by atoms with Crippen LogP contribution in [-0.2, 0) is 9.59 Å². The minimum absolute atomic E-state index is 0.173. The second kappa shape index (κ2) is 17.5. The first-order valence-corrected chi connectivity index (χ1v) is 15.6. The number of amides is 1. The average Bonchev–Trinajstić information content (AvgIpc) is 3.22. The molecule has 4 nitrogen and oxygen atoms in total. The number of hydrogen-bond donors (Lipinski definition) is 1. The van der Waals surface area contributed by atoms with Crippen LogP contribution >= 0.6 is 0 Å². The fraction of sp³-hybridized carbons (Fsp3) is 0.500. The molecule has 1 aliphatic rings. The summed E-state index contributed by atoms with van der Waals surface area (Å²) in [6, 6.07) is 16.9. The molecule has 216 valence electrons. The quantitative estimate of drug-likeness (QED) is 0.142. The first kappa shape index (κ1) is 31.4. The van der Waals surface area contributed by atoms with Crippen molar-refractivity contribution in [2.75, 3.05) is 6.54 Å². The van der Waals surface area contributed by atoms with E-state index in [2.05, 4.69) is 6.92 Å². The zero-order chi connectivity index (χ0) is 28.6. The summed E-state index contributed by atoms with van der Waals surface area (Å²) in [6.45, 7) is 4.80. The molecular formula is C36H49NO3. The molecule has 3 rings (SSSR count). The molecule has 0 saturated heterocycles. The molecule has 1 heterocycles. The highest BCUT2D eigenvalue weighted by Crippen LogP contribution is 2.38. The molecule has 1 unspecified atom stereocenters. The van der Waals surface area contributed by atoms with Gasteiger partial charge in [-0.15, -0.1) is 0 Å². The Labute approximate surface area is 242 Å². The van der Waals surface area contributed by atoms with Gasteiger partial charge in [0.1, 0.15) is 0 Å². The molecule has 1 aliphatic heterocycles. The standard InChI is InChI=1S/C36H49NO3/c1-3-4-5-6-7-8-9-10-11-12-13-14-15-19-28-37-34(31-25-22-29(2)23-26-31)33(35(39)36(37)40)32(38)27-24-30-20-17-16-18-21-30/h16-18,20-27,34,39H,3-15,19,28H2,1-2H3/b27-24+. The maximum Gasteiger partial charge on any atom is 0.290 e. The van der Waals surface area contributed by atoms with E-state index in [-0.39, 0.29) is 11.4 Å². The van der Waals surface area contributed by atoms with Crippen LogP contribution in [0, 0.1) is 6.92 Å². The smallest absolute Gasteiger partial charge is 0.290 e. The van der Waals surface area contributed by atoms with Gasteiger partial charge in [0.05, 0.1) is 11.6 Å². The van der Waals surface area contributed by atoms with E-state index in [4.69, 9.17) is 0 Å². The van der Waals surface area contributed by atoms with Gasteiger partial charge in [-0.1, -0.05) is 157 Å². The van der Waals surface area contributed by atoms with E-state index in [1.165, 1.54) is 76.7 Å². The Hall–Kier alpha value is -3.14. The summed E-state index contributed by atoms with van der Waals surface area (Å²) >= 11 is 0. The molecule has 0 fully saturated rings. The van der Waals surface area contributed by atoms with Crippen molar-refractivity contribution in [2.24, 2.45) is 0 Å². The molecular weight excluding hydrogens is 494 g/mol. The summed E-state index contributed by atoms with van der Waals surface area (Å²) in [7, 11) is 0. The van der Waals surface area contributed by atoms with Gasteiger partial charge in [-0.2, -0.15) is 0 Å². The van der Waals surface area contributed by atoms with E-state index in [1.807, 2.05) is 61.5 Å². The molecule has 2 aromatic carbocycles. The van der Waals surface area contributed by atoms with Crippen molar-refractivity contribution in [3.63, 3.8) is 0 Å². The zero-order valence-corrected chi connectivity index (χ0v) is 24.7. The minimum atomic E-state index is -0.567. The lowest BCUT2D eigenvalue weighted by molar-refractivity contribution is -0.129. The third kappa shape index (κ3) is 9.80. The Bertz CT molecular complexity index is 1100. The second-order valence-electron chi connectivity index (χ2n) is 11.3. The van der Waals surface area contributed by atoms with Crippen LogP contribution in [0.3, 0.4) is 0 Å². The van der Waals surface area contributed by atoms with Crippen molar-refractivity contribution in [1.82, 2.24) is 4.90 Å². The average molecular weight is 544 g/mol. The molecule has 40 heavy (non-hydrogen) atoms. The number of carbonyl (C=O) groups excluding carboxylic acids is 2. The normalized spacial score (nSPS) is 15.5. The third-order valence-electron chi connectivity index (χ3n) is 7.94. The summed E-state index contributed by atoms with van der Waals surface area (Å²) in [5, 5.41) is 10.8. The van der Waals surface area contributed by atoms with Gasteiger partial charge in [0.2, 0.25) is 0 Å². The Kier molecular flexibility index (Phi) is 13.8. The van der Waals surface area contributed by atoms with E-state index in [1.54, 1.807) is 11.0 Å². The summed E-state index contributed by atoms with van der Waals surface area (Å²) in [5.41, 5.74) is 3.03. The third-order valence-corrected chi connectivity index (χ3v) is 7.94. The van der Waals surface area contributed by atoms with E-state index >= 15 is 0 Å². The topological polar surface area (TPSA) is 57.6 Å². The SMILES string of the molecule is CCCCCCCCCCCCCCCCN1C(=O)C(O)=C(C(=O)/C=C/c2ccccc2)C1c1ccc(C)cc1. The maximum absolute atomic E-state index is 13.3. The number of aliphatic hydroxyl groups is 1. The number of benzene rings is 2. The summed E-state index contributed by atoms with van der Waals surface area (Å²) in [4.78, 5) is 28.1. The molecule has 1 N–H and O–H groups in total. The van der Waals surface area contributed by atoms with Crippen LogP contribution in [0.4, 0.5) is 0 Å². The fourth-order valence-corrected chi connectivity index (χ4v) is 5.53. The molecule has 1 atom stereocenters. The predicted molar refractivity (Wildman–Crippen MR) is 166 cm³/mol. The summed E-state index contributed by atoms with van der Waals surface area (Å²) < 4.78 is 0. The predicted octanol–water partition coefficient (Wildman–Crippen LogP) is 9.45. The van der Waals surface area contributed by atoms with Gasteiger partial charge in [-0.3, -0.25) is 9.59 Å². The molecule has 1 amide bonds. The maximum atomic E-state index is 13.3. The highest BCUT2D eigenvalue weighted by Gasteiger charge is 2.42. The van der Waals surface area contributed by atoms with Crippen LogP contribution in [0.15, 0.2) is 72.0 Å². The van der Waals surface area contributed by atoms with Gasteiger partial charge in [-0.25, -0.2) is 0 Å². The fourth-order valence-electron chi connectivity index (χ4n) is 5.53. The number of unbranched alkanes of at least 4 members (excludes halogenated alkanes) is 13. The monoisotopic (exact) mass is 543 g/mol. The lowest BCUT2D eigenvalue weighted by Gasteiger charge is -2.26. The van der Waals surface area contributed by atoms with Crippen molar-refractivity contribution >= 4 is 17.8 Å². The van der Waals surface area contributed by atoms with Gasteiger partial charge in [0, 0.05) is 6.54 Å². The number of ketones is 1. The highest BCUT2D eigenvalue weighted by atomic mass is 16.3. The van der Waals surface area contributed by atoms with Gasteiger partial charge in [0.15, 0.2) is 11.5 Å². The van der Waals surface area contributed by atoms with Crippen LogP contribution < -0.4 is 0 Å². The van der Waals surface area contributed by atoms with Crippen molar-refractivity contribution in [2.45, 2.75) is 110 Å². The van der Waals surface area contributed by atoms with Crippen LogP contribution in [0.1, 0.15) is 120 Å². The lowest BCUT2D eigenvalue weighted by Crippen LogP contribution is -2.32. The molecule has 2 aromatic rings. The van der Waals surface area contributed by atoms with E-state index in [0.29, 0.717) is 6.54 Å². The minimum Gasteiger partial charge on any atom is -0.503 e. The van der Waals surface area contributed by atoms with Crippen molar-refractivity contribution in [3.8, 4) is 0 Å². The van der Waals surface area contributed by atoms with Crippen molar-refractivity contribution < 1.29 is 14.7 Å². The van der Waals surface area contributed by atoms with Gasteiger partial charge in [-0.05, 0) is 30.5 Å². The molecule has 0 saturated carbocycles. The number of aliphatic hydroxyl groups excluding tert-OH is 1. The van der Waals surface area contributed by atoms with Gasteiger partial charge in [0.25, 0.3) is 5.91 Å². The first-order chi connectivity index (χ1) is 19.5. The first-order valence-electron chi connectivity index (χ1n) is 15.6. The zero-order valence-electron chi connectivity index (χ0n) is 24.7. The Morgan fingerprint density at radius 3 is 1.85 bits per heavy atom. The van der Waals surface area contributed by atoms with Crippen LogP contribution in [0.5, 0.6) is 0 Å². The number of aryl methyl sites for hydroxylation is 1. The van der Waals surface area contributed by atoms with E-state index in [9.17, 15) is 14.7 Å². The van der Waals surface area contributed by atoms with Crippen molar-refractivity contribution in [3.05, 3.63) is 88.7 Å². The van der Waals surface area contributed by atoms with Crippen molar-refractivity contribution in [1.29, 1.82) is 0 Å². The van der Waals surface area contributed by atoms with E-state index < -0.39 is 17.7 Å². The van der Waals surface area contributed by atoms with Gasteiger partial charge >= 0.3 is 0 Å². The molecule has 0 bridgehead atoms. The highest BCUT2D eigenvalue weighted by molar-refractivity contribution is 6.14. The Balaban J connectivity index is 1.49. The van der Waals surface area contributed by atoms with Crippen LogP contribution in [-0.4, -0.2) is 28.2 Å².